The van der Waals surface area contributed by atoms with E-state index in [1.807, 2.05) is 0 Å². The van der Waals surface area contributed by atoms with Crippen molar-refractivity contribution in [3.8, 4) is 0 Å². The molecule has 0 aliphatic heterocycles. The third-order valence-corrected chi connectivity index (χ3v) is 12.8. The van der Waals surface area contributed by atoms with Crippen LogP contribution in [0.2, 0.25) is 0 Å². The number of esters is 3. The number of unbranched alkanes of at least 4 members (excludes halogenated alkanes) is 20. The topological polar surface area (TPSA) is 78.9 Å². The minimum atomic E-state index is -0.809. The number of rotatable bonds is 55. The van der Waals surface area contributed by atoms with Crippen LogP contribution in [-0.4, -0.2) is 37.2 Å². The Morgan fingerprint density at radius 1 is 0.273 bits per heavy atom. The van der Waals surface area contributed by atoms with Gasteiger partial charge >= 0.3 is 17.9 Å². The summed E-state index contributed by atoms with van der Waals surface area (Å²) in [5, 5.41) is 0. The monoisotopic (exact) mass is 1060 g/mol. The Bertz CT molecular complexity index is 1700. The maximum atomic E-state index is 12.8. The summed E-state index contributed by atoms with van der Waals surface area (Å²) in [4.78, 5) is 38.1. The van der Waals surface area contributed by atoms with Crippen LogP contribution in [0.4, 0.5) is 0 Å². The van der Waals surface area contributed by atoms with Crippen LogP contribution in [0.15, 0.2) is 146 Å². The van der Waals surface area contributed by atoms with Crippen molar-refractivity contribution in [2.45, 2.75) is 271 Å². The summed E-state index contributed by atoms with van der Waals surface area (Å²) in [5.41, 5.74) is 0. The summed E-state index contributed by atoms with van der Waals surface area (Å²) in [6.45, 7) is 6.43. The maximum Gasteiger partial charge on any atom is 0.306 e. The molecule has 0 aliphatic rings. The number of hydrogen-bond donors (Lipinski definition) is 0. The van der Waals surface area contributed by atoms with Crippen molar-refractivity contribution in [3.05, 3.63) is 146 Å². The van der Waals surface area contributed by atoms with Gasteiger partial charge in [0.2, 0.25) is 0 Å². The molecule has 0 radical (unpaired) electrons. The molecule has 0 fully saturated rings. The molecule has 6 heteroatoms. The van der Waals surface area contributed by atoms with Gasteiger partial charge in [0.15, 0.2) is 6.10 Å². The highest BCUT2D eigenvalue weighted by Crippen LogP contribution is 2.13. The van der Waals surface area contributed by atoms with Gasteiger partial charge in [0.05, 0.1) is 0 Å². The van der Waals surface area contributed by atoms with Crippen LogP contribution >= 0.6 is 0 Å². The molecule has 6 nitrogen and oxygen atoms in total. The van der Waals surface area contributed by atoms with E-state index in [1.165, 1.54) is 77.0 Å². The molecule has 1 atom stereocenters. The molecule has 0 rings (SSSR count). The highest BCUT2D eigenvalue weighted by atomic mass is 16.6. The molecule has 77 heavy (non-hydrogen) atoms. The lowest BCUT2D eigenvalue weighted by Gasteiger charge is -2.18. The first-order chi connectivity index (χ1) is 38.0. The van der Waals surface area contributed by atoms with Crippen LogP contribution in [0.3, 0.4) is 0 Å². The second kappa shape index (κ2) is 63.8. The average molecular weight is 1060 g/mol. The van der Waals surface area contributed by atoms with E-state index in [4.69, 9.17) is 14.2 Å². The maximum absolute atomic E-state index is 12.8. The van der Waals surface area contributed by atoms with Crippen molar-refractivity contribution in [3.63, 3.8) is 0 Å². The third kappa shape index (κ3) is 62.0. The third-order valence-electron chi connectivity index (χ3n) is 12.8. The van der Waals surface area contributed by atoms with Crippen molar-refractivity contribution < 1.29 is 28.6 Å². The molecule has 0 aromatic carbocycles. The summed E-state index contributed by atoms with van der Waals surface area (Å²) in [6, 6.07) is 0. The Morgan fingerprint density at radius 3 is 0.857 bits per heavy atom. The first-order valence-electron chi connectivity index (χ1n) is 31.3. The molecule has 1 unspecified atom stereocenters. The van der Waals surface area contributed by atoms with E-state index in [2.05, 4.69) is 167 Å². The van der Waals surface area contributed by atoms with E-state index < -0.39 is 6.10 Å². The van der Waals surface area contributed by atoms with Gasteiger partial charge in [-0.2, -0.15) is 0 Å². The number of carbonyl (C=O) groups excluding carboxylic acids is 3. The van der Waals surface area contributed by atoms with Crippen molar-refractivity contribution in [2.75, 3.05) is 13.2 Å². The van der Waals surface area contributed by atoms with Crippen LogP contribution in [0.25, 0.3) is 0 Å². The second-order valence-corrected chi connectivity index (χ2v) is 20.2. The number of hydrogen-bond acceptors (Lipinski definition) is 6. The fourth-order valence-electron chi connectivity index (χ4n) is 8.11. The largest absolute Gasteiger partial charge is 0.462 e. The van der Waals surface area contributed by atoms with E-state index in [-0.39, 0.29) is 31.1 Å². The van der Waals surface area contributed by atoms with Crippen molar-refractivity contribution in [2.24, 2.45) is 0 Å². The highest BCUT2D eigenvalue weighted by molar-refractivity contribution is 5.71. The van der Waals surface area contributed by atoms with Crippen LogP contribution in [0.5, 0.6) is 0 Å². The Kier molecular flexibility index (Phi) is 59.9. The van der Waals surface area contributed by atoms with Gasteiger partial charge in [0.1, 0.15) is 13.2 Å². The standard InChI is InChI=1S/C71H114O6/c1-4-7-10-13-16-19-22-25-27-28-29-30-31-32-33-34-35-36-37-38-39-40-41-42-43-44-45-47-49-52-55-58-61-64-70(73)76-67-68(66-75-69(72)63-60-57-54-51-48-24-21-18-15-12-9-6-3)77-71(74)65-62-59-56-53-50-46-26-23-20-17-14-11-8-5-2/h7,10,16,18-19,21,23,25-27,29-30,32-33,35-36,38-39,41-42,44-45,49,52,68H,4-6,8-9,11-15,17,20,22,24,28,31,34,37,40,43,46-48,50-51,53-67H2,1-3H3/b10-7-,19-16-,21-18-,26-23-,27-25-,30-29-,33-32-,36-35-,39-38-,42-41-,45-44-,52-49-. The number of allylic oxidation sites excluding steroid dienone is 24. The zero-order chi connectivity index (χ0) is 55.7. The second-order valence-electron chi connectivity index (χ2n) is 20.2. The van der Waals surface area contributed by atoms with E-state index in [0.717, 1.165) is 141 Å². The van der Waals surface area contributed by atoms with Gasteiger partial charge in [-0.25, -0.2) is 0 Å². The van der Waals surface area contributed by atoms with Gasteiger partial charge in [-0.1, -0.05) is 244 Å². The SMILES string of the molecule is CC/C=C\C/C=C\C/C=C\C/C=C\C/C=C\C/C=C\C/C=C\C/C=C\C/C=C\C/C=C\CCCCC(=O)OCC(COC(=O)CCCCCCC/C=C\CCCCC)OC(=O)CCCCCCC/C=C\CCCCCCC. The molecule has 0 aromatic rings. The quantitative estimate of drug-likeness (QED) is 0.0261. The normalized spacial score (nSPS) is 13.1. The molecule has 0 saturated heterocycles. The molecule has 0 amide bonds. The molecule has 0 aliphatic carbocycles. The number of ether oxygens (including phenoxy) is 3. The smallest absolute Gasteiger partial charge is 0.306 e. The van der Waals surface area contributed by atoms with E-state index in [9.17, 15) is 14.4 Å². The Balaban J connectivity index is 4.36. The van der Waals surface area contributed by atoms with Crippen molar-refractivity contribution in [1.82, 2.24) is 0 Å². The van der Waals surface area contributed by atoms with Gasteiger partial charge in [0, 0.05) is 19.3 Å². The molecule has 0 saturated carbocycles. The molecule has 0 N–H and O–H groups in total. The zero-order valence-corrected chi connectivity index (χ0v) is 49.7. The first-order valence-corrected chi connectivity index (χ1v) is 31.3. The Hall–Kier alpha value is -4.71. The van der Waals surface area contributed by atoms with E-state index >= 15 is 0 Å². The lowest BCUT2D eigenvalue weighted by Crippen LogP contribution is -2.30. The van der Waals surface area contributed by atoms with Gasteiger partial charge in [0.25, 0.3) is 0 Å². The molecular formula is C71H114O6. The lowest BCUT2D eigenvalue weighted by atomic mass is 10.1. The van der Waals surface area contributed by atoms with Gasteiger partial charge < -0.3 is 14.2 Å². The van der Waals surface area contributed by atoms with Crippen LogP contribution in [0.1, 0.15) is 265 Å². The summed E-state index contributed by atoms with van der Waals surface area (Å²) in [5.74, 6) is -0.970. The molecule has 0 heterocycles. The highest BCUT2D eigenvalue weighted by Gasteiger charge is 2.19. The Labute approximate surface area is 474 Å². The van der Waals surface area contributed by atoms with E-state index in [0.29, 0.717) is 25.7 Å². The van der Waals surface area contributed by atoms with Gasteiger partial charge in [-0.05, 0) is 148 Å². The summed E-state index contributed by atoms with van der Waals surface area (Å²) in [6.07, 6.45) is 91.4. The summed E-state index contributed by atoms with van der Waals surface area (Å²) in [7, 11) is 0. The Morgan fingerprint density at radius 2 is 0.506 bits per heavy atom. The molecule has 0 aromatic heterocycles. The zero-order valence-electron chi connectivity index (χ0n) is 49.7. The fraction of sp³-hybridized carbons (Fsp3) is 0.620. The summed E-state index contributed by atoms with van der Waals surface area (Å²) < 4.78 is 16.8. The number of carbonyl (C=O) groups is 3. The molecule has 434 valence electrons. The summed E-state index contributed by atoms with van der Waals surface area (Å²) >= 11 is 0. The first kappa shape index (κ1) is 72.3. The molecule has 0 spiro atoms. The molecule has 0 bridgehead atoms. The van der Waals surface area contributed by atoms with Crippen LogP contribution in [-0.2, 0) is 28.6 Å². The van der Waals surface area contributed by atoms with Crippen molar-refractivity contribution in [1.29, 1.82) is 0 Å². The van der Waals surface area contributed by atoms with Crippen molar-refractivity contribution >= 4 is 17.9 Å². The van der Waals surface area contributed by atoms with Gasteiger partial charge in [-0.3, -0.25) is 14.4 Å². The predicted molar refractivity (Wildman–Crippen MR) is 334 cm³/mol. The lowest BCUT2D eigenvalue weighted by molar-refractivity contribution is -0.167. The predicted octanol–water partition coefficient (Wildman–Crippen LogP) is 21.5. The average Bonchev–Trinajstić information content (AvgIpc) is 3.43. The van der Waals surface area contributed by atoms with Crippen LogP contribution < -0.4 is 0 Å². The van der Waals surface area contributed by atoms with Gasteiger partial charge in [-0.15, -0.1) is 0 Å². The van der Waals surface area contributed by atoms with Crippen LogP contribution in [0, 0.1) is 0 Å². The minimum Gasteiger partial charge on any atom is -0.462 e. The van der Waals surface area contributed by atoms with E-state index in [1.54, 1.807) is 0 Å². The molecular weight excluding hydrogens is 949 g/mol. The fourth-order valence-corrected chi connectivity index (χ4v) is 8.11. The minimum absolute atomic E-state index is 0.103.